The van der Waals surface area contributed by atoms with Crippen LogP contribution in [0.15, 0.2) is 0 Å². The Labute approximate surface area is 109 Å². The van der Waals surface area contributed by atoms with E-state index in [0.717, 1.165) is 0 Å². The molecule has 0 N–H and O–H groups in total. The van der Waals surface area contributed by atoms with Crippen LogP contribution < -0.4 is 0 Å². The Hall–Kier alpha value is -0.280. The third-order valence-corrected chi connectivity index (χ3v) is 3.93. The molecule has 1 aliphatic rings. The van der Waals surface area contributed by atoms with E-state index in [9.17, 15) is 4.79 Å². The molecule has 4 unspecified atom stereocenters. The number of amides is 1. The van der Waals surface area contributed by atoms with Gasteiger partial charge in [-0.3, -0.25) is 4.79 Å². The second-order valence-corrected chi connectivity index (χ2v) is 5.62. The molecule has 0 aliphatic carbocycles. The summed E-state index contributed by atoms with van der Waals surface area (Å²) in [4.78, 5) is 14.4. The maximum absolute atomic E-state index is 12.5. The summed E-state index contributed by atoms with van der Waals surface area (Å²) in [6.45, 7) is 10.8. The molecule has 0 aromatic carbocycles. The van der Waals surface area contributed by atoms with Crippen molar-refractivity contribution in [2.45, 2.75) is 52.9 Å². The lowest BCUT2D eigenvalue weighted by Gasteiger charge is -2.31. The average Bonchev–Trinajstić information content (AvgIpc) is 2.48. The van der Waals surface area contributed by atoms with Gasteiger partial charge in [-0.05, 0) is 33.6 Å². The van der Waals surface area contributed by atoms with Crippen molar-refractivity contribution in [2.24, 2.45) is 11.8 Å². The second kappa shape index (κ2) is 6.05. The molecule has 0 saturated carbocycles. The fraction of sp³-hybridized carbons (Fsp3) is 0.923. The Bertz CT molecular complexity index is 270. The quantitative estimate of drug-likeness (QED) is 0.728. The van der Waals surface area contributed by atoms with Gasteiger partial charge in [0, 0.05) is 18.5 Å². The predicted octanol–water partition coefficient (Wildman–Crippen LogP) is 2.52. The van der Waals surface area contributed by atoms with Crippen LogP contribution in [0.25, 0.3) is 0 Å². The first kappa shape index (κ1) is 14.8. The van der Waals surface area contributed by atoms with Crippen molar-refractivity contribution in [2.75, 3.05) is 12.4 Å². The van der Waals surface area contributed by atoms with Gasteiger partial charge in [-0.15, -0.1) is 11.6 Å². The molecule has 17 heavy (non-hydrogen) atoms. The number of ether oxygens (including phenoxy) is 1. The third-order valence-electron chi connectivity index (χ3n) is 3.76. The van der Waals surface area contributed by atoms with Crippen LogP contribution in [0.4, 0.5) is 0 Å². The van der Waals surface area contributed by atoms with Crippen molar-refractivity contribution in [3.8, 4) is 0 Å². The Kier molecular flexibility index (Phi) is 5.26. The lowest BCUT2D eigenvalue weighted by Crippen LogP contribution is -2.45. The fourth-order valence-corrected chi connectivity index (χ4v) is 2.78. The predicted molar refractivity (Wildman–Crippen MR) is 70.2 cm³/mol. The molecule has 1 fully saturated rings. The SMILES string of the molecule is CC1OC(C)C(C(=O)N(CCCl)C(C)C)C1C. The van der Waals surface area contributed by atoms with Crippen LogP contribution >= 0.6 is 11.6 Å². The number of nitrogens with zero attached hydrogens (tertiary/aromatic N) is 1. The molecule has 4 atom stereocenters. The van der Waals surface area contributed by atoms with Crippen LogP contribution in [0.5, 0.6) is 0 Å². The van der Waals surface area contributed by atoms with Gasteiger partial charge in [0.15, 0.2) is 0 Å². The molecule has 0 aromatic heterocycles. The molecule has 4 heteroatoms. The van der Waals surface area contributed by atoms with Crippen molar-refractivity contribution in [1.82, 2.24) is 4.90 Å². The summed E-state index contributed by atoms with van der Waals surface area (Å²) < 4.78 is 5.73. The zero-order valence-electron chi connectivity index (χ0n) is 11.4. The molecule has 0 bridgehead atoms. The zero-order valence-corrected chi connectivity index (χ0v) is 12.2. The van der Waals surface area contributed by atoms with Gasteiger partial charge < -0.3 is 9.64 Å². The molecule has 1 heterocycles. The minimum Gasteiger partial charge on any atom is -0.374 e. The Morgan fingerprint density at radius 3 is 2.24 bits per heavy atom. The van der Waals surface area contributed by atoms with Gasteiger partial charge in [0.05, 0.1) is 18.1 Å². The minimum absolute atomic E-state index is 0.00377. The lowest BCUT2D eigenvalue weighted by atomic mass is 9.88. The van der Waals surface area contributed by atoms with Gasteiger partial charge in [0.25, 0.3) is 0 Å². The molecule has 1 rings (SSSR count). The van der Waals surface area contributed by atoms with E-state index in [1.807, 2.05) is 32.6 Å². The number of halogens is 1. The molecule has 100 valence electrons. The zero-order chi connectivity index (χ0) is 13.2. The van der Waals surface area contributed by atoms with Crippen molar-refractivity contribution in [3.63, 3.8) is 0 Å². The van der Waals surface area contributed by atoms with Crippen LogP contribution in [0, 0.1) is 11.8 Å². The van der Waals surface area contributed by atoms with Crippen LogP contribution in [0.3, 0.4) is 0 Å². The Morgan fingerprint density at radius 1 is 1.29 bits per heavy atom. The van der Waals surface area contributed by atoms with E-state index in [-0.39, 0.29) is 36.0 Å². The van der Waals surface area contributed by atoms with E-state index in [2.05, 4.69) is 6.92 Å². The van der Waals surface area contributed by atoms with E-state index in [4.69, 9.17) is 16.3 Å². The first-order chi connectivity index (χ1) is 7.90. The van der Waals surface area contributed by atoms with Crippen molar-refractivity contribution in [3.05, 3.63) is 0 Å². The molecular weight excluding hydrogens is 238 g/mol. The van der Waals surface area contributed by atoms with Crippen LogP contribution in [-0.4, -0.2) is 41.5 Å². The van der Waals surface area contributed by atoms with E-state index in [1.165, 1.54) is 0 Å². The number of hydrogen-bond acceptors (Lipinski definition) is 2. The average molecular weight is 262 g/mol. The number of hydrogen-bond donors (Lipinski definition) is 0. The van der Waals surface area contributed by atoms with Gasteiger partial charge in [-0.1, -0.05) is 6.92 Å². The number of alkyl halides is 1. The summed E-state index contributed by atoms with van der Waals surface area (Å²) in [5.74, 6) is 0.908. The monoisotopic (exact) mass is 261 g/mol. The first-order valence-corrected chi connectivity index (χ1v) is 6.95. The largest absolute Gasteiger partial charge is 0.374 e. The highest BCUT2D eigenvalue weighted by atomic mass is 35.5. The first-order valence-electron chi connectivity index (χ1n) is 6.42. The van der Waals surface area contributed by atoms with E-state index >= 15 is 0 Å². The lowest BCUT2D eigenvalue weighted by molar-refractivity contribution is -0.139. The maximum atomic E-state index is 12.5. The topological polar surface area (TPSA) is 29.5 Å². The van der Waals surface area contributed by atoms with E-state index < -0.39 is 0 Å². The Balaban J connectivity index is 2.79. The third kappa shape index (κ3) is 3.14. The summed E-state index contributed by atoms with van der Waals surface area (Å²) in [5, 5.41) is 0. The fourth-order valence-electron chi connectivity index (χ4n) is 2.60. The standard InChI is InChI=1S/C13H24ClNO2/c1-8(2)15(7-6-14)13(16)12-9(3)10(4)17-11(12)5/h8-12H,6-7H2,1-5H3. The van der Waals surface area contributed by atoms with E-state index in [1.54, 1.807) is 0 Å². The highest BCUT2D eigenvalue weighted by molar-refractivity contribution is 6.18. The number of carbonyl (C=O) groups is 1. The van der Waals surface area contributed by atoms with Gasteiger partial charge in [0.2, 0.25) is 5.91 Å². The van der Waals surface area contributed by atoms with Crippen molar-refractivity contribution in [1.29, 1.82) is 0 Å². The molecular formula is C13H24ClNO2. The molecule has 0 radical (unpaired) electrons. The molecule has 1 amide bonds. The van der Waals surface area contributed by atoms with Crippen molar-refractivity contribution >= 4 is 17.5 Å². The van der Waals surface area contributed by atoms with Crippen LogP contribution in [-0.2, 0) is 9.53 Å². The molecule has 0 spiro atoms. The van der Waals surface area contributed by atoms with Gasteiger partial charge in [0.1, 0.15) is 0 Å². The summed E-state index contributed by atoms with van der Waals surface area (Å²) >= 11 is 5.77. The maximum Gasteiger partial charge on any atom is 0.228 e. The molecule has 0 aromatic rings. The molecule has 1 aliphatic heterocycles. The highest BCUT2D eigenvalue weighted by Gasteiger charge is 2.43. The molecule has 3 nitrogen and oxygen atoms in total. The summed E-state index contributed by atoms with van der Waals surface area (Å²) in [5.41, 5.74) is 0. The van der Waals surface area contributed by atoms with Crippen LogP contribution in [0.1, 0.15) is 34.6 Å². The summed E-state index contributed by atoms with van der Waals surface area (Å²) in [6, 6.07) is 0.191. The smallest absolute Gasteiger partial charge is 0.228 e. The van der Waals surface area contributed by atoms with Crippen LogP contribution in [0.2, 0.25) is 0 Å². The Morgan fingerprint density at radius 2 is 1.88 bits per heavy atom. The number of rotatable bonds is 4. The second-order valence-electron chi connectivity index (χ2n) is 5.25. The highest BCUT2D eigenvalue weighted by Crippen LogP contribution is 2.33. The van der Waals surface area contributed by atoms with Gasteiger partial charge in [-0.25, -0.2) is 0 Å². The summed E-state index contributed by atoms with van der Waals surface area (Å²) in [7, 11) is 0. The van der Waals surface area contributed by atoms with Gasteiger partial charge >= 0.3 is 0 Å². The minimum atomic E-state index is -0.0318. The normalized spacial score (nSPS) is 33.1. The van der Waals surface area contributed by atoms with E-state index in [0.29, 0.717) is 12.4 Å². The van der Waals surface area contributed by atoms with Crippen molar-refractivity contribution < 1.29 is 9.53 Å². The summed E-state index contributed by atoms with van der Waals surface area (Å²) in [6.07, 6.45) is 0.160. The number of carbonyl (C=O) groups excluding carboxylic acids is 1. The molecule has 1 saturated heterocycles. The van der Waals surface area contributed by atoms with Gasteiger partial charge in [-0.2, -0.15) is 0 Å².